The van der Waals surface area contributed by atoms with Gasteiger partial charge in [0.25, 0.3) is 0 Å². The molecule has 0 saturated heterocycles. The molecule has 25 heavy (non-hydrogen) atoms. The maximum Gasteiger partial charge on any atom is 0.220 e. The van der Waals surface area contributed by atoms with E-state index in [9.17, 15) is 4.79 Å². The van der Waals surface area contributed by atoms with Crippen molar-refractivity contribution in [1.29, 1.82) is 0 Å². The van der Waals surface area contributed by atoms with E-state index in [0.717, 1.165) is 12.8 Å². The lowest BCUT2D eigenvalue weighted by molar-refractivity contribution is -0.121. The molecule has 4 aromatic rings. The third-order valence-electron chi connectivity index (χ3n) is 4.90. The Balaban J connectivity index is 1.67. The van der Waals surface area contributed by atoms with E-state index < -0.39 is 0 Å². The molecule has 1 amide bonds. The molecule has 0 heterocycles. The van der Waals surface area contributed by atoms with Gasteiger partial charge in [0.05, 0.1) is 6.61 Å². The van der Waals surface area contributed by atoms with Crippen LogP contribution < -0.4 is 5.32 Å². The van der Waals surface area contributed by atoms with Gasteiger partial charge in [0.15, 0.2) is 0 Å². The zero-order valence-corrected chi connectivity index (χ0v) is 14.1. The Morgan fingerprint density at radius 2 is 1.56 bits per heavy atom. The maximum absolute atomic E-state index is 11.7. The summed E-state index contributed by atoms with van der Waals surface area (Å²) in [6, 6.07) is 19.6. The Hall–Kier alpha value is -2.65. The largest absolute Gasteiger partial charge is 0.395 e. The van der Waals surface area contributed by atoms with E-state index in [0.29, 0.717) is 13.0 Å². The Labute approximate surface area is 146 Å². The molecule has 0 radical (unpaired) electrons. The van der Waals surface area contributed by atoms with Gasteiger partial charge >= 0.3 is 0 Å². The molecular weight excluding hydrogens is 310 g/mol. The van der Waals surface area contributed by atoms with Crippen LogP contribution in [0.2, 0.25) is 0 Å². The van der Waals surface area contributed by atoms with Crippen LogP contribution in [0.1, 0.15) is 18.4 Å². The third kappa shape index (κ3) is 2.92. The van der Waals surface area contributed by atoms with Gasteiger partial charge in [-0.1, -0.05) is 54.6 Å². The number of amides is 1. The van der Waals surface area contributed by atoms with E-state index in [4.69, 9.17) is 5.11 Å². The number of aliphatic hydroxyl groups excluding tert-OH is 1. The molecule has 0 atom stereocenters. The highest BCUT2D eigenvalue weighted by atomic mass is 16.3. The summed E-state index contributed by atoms with van der Waals surface area (Å²) in [5, 5.41) is 19.2. The SMILES string of the molecule is O=C(CCCc1ccc2ccc3cccc4ccc1c2c34)NCCO. The monoisotopic (exact) mass is 331 g/mol. The van der Waals surface area contributed by atoms with Gasteiger partial charge in [0.1, 0.15) is 0 Å². The van der Waals surface area contributed by atoms with Crippen LogP contribution in [-0.4, -0.2) is 24.2 Å². The van der Waals surface area contributed by atoms with Crippen molar-refractivity contribution in [3.63, 3.8) is 0 Å². The van der Waals surface area contributed by atoms with Crippen molar-refractivity contribution in [2.45, 2.75) is 19.3 Å². The maximum atomic E-state index is 11.7. The van der Waals surface area contributed by atoms with E-state index in [2.05, 4.69) is 59.9 Å². The first-order valence-corrected chi connectivity index (χ1v) is 8.81. The minimum atomic E-state index is -0.0131. The molecule has 3 heteroatoms. The first-order valence-electron chi connectivity index (χ1n) is 8.81. The van der Waals surface area contributed by atoms with Gasteiger partial charge in [-0.2, -0.15) is 0 Å². The van der Waals surface area contributed by atoms with Crippen molar-refractivity contribution in [3.8, 4) is 0 Å². The quantitative estimate of drug-likeness (QED) is 0.524. The van der Waals surface area contributed by atoms with Crippen molar-refractivity contribution in [2.24, 2.45) is 0 Å². The van der Waals surface area contributed by atoms with Crippen molar-refractivity contribution in [1.82, 2.24) is 5.32 Å². The lowest BCUT2D eigenvalue weighted by Gasteiger charge is -2.14. The highest BCUT2D eigenvalue weighted by Gasteiger charge is 2.11. The number of benzene rings is 4. The fourth-order valence-electron chi connectivity index (χ4n) is 3.74. The molecule has 2 N–H and O–H groups in total. The van der Waals surface area contributed by atoms with Crippen LogP contribution >= 0.6 is 0 Å². The van der Waals surface area contributed by atoms with Crippen molar-refractivity contribution in [3.05, 3.63) is 60.2 Å². The van der Waals surface area contributed by atoms with Crippen LogP contribution in [0.5, 0.6) is 0 Å². The summed E-state index contributed by atoms with van der Waals surface area (Å²) in [6.07, 6.45) is 2.17. The molecule has 126 valence electrons. The summed E-state index contributed by atoms with van der Waals surface area (Å²) >= 11 is 0. The van der Waals surface area contributed by atoms with E-state index in [1.165, 1.54) is 37.9 Å². The van der Waals surface area contributed by atoms with Gasteiger partial charge in [-0.05, 0) is 50.7 Å². The molecule has 0 bridgehead atoms. The van der Waals surface area contributed by atoms with Gasteiger partial charge < -0.3 is 10.4 Å². The molecular formula is C22H21NO2. The van der Waals surface area contributed by atoms with Crippen molar-refractivity contribution in [2.75, 3.05) is 13.2 Å². The number of aliphatic hydroxyl groups is 1. The number of aryl methyl sites for hydroxylation is 1. The Morgan fingerprint density at radius 1 is 0.880 bits per heavy atom. The number of hydrogen-bond donors (Lipinski definition) is 2. The number of carbonyl (C=O) groups is 1. The lowest BCUT2D eigenvalue weighted by Crippen LogP contribution is -2.26. The second-order valence-corrected chi connectivity index (χ2v) is 6.51. The van der Waals surface area contributed by atoms with Crippen LogP contribution in [0.25, 0.3) is 32.3 Å². The average molecular weight is 331 g/mol. The van der Waals surface area contributed by atoms with Gasteiger partial charge in [-0.15, -0.1) is 0 Å². The topological polar surface area (TPSA) is 49.3 Å². The third-order valence-corrected chi connectivity index (χ3v) is 4.90. The molecule has 0 aliphatic carbocycles. The fourth-order valence-corrected chi connectivity index (χ4v) is 3.74. The summed E-state index contributed by atoms with van der Waals surface area (Å²) in [5.74, 6) is 0.00626. The highest BCUT2D eigenvalue weighted by Crippen LogP contribution is 2.36. The molecule has 4 aromatic carbocycles. The van der Waals surface area contributed by atoms with Crippen LogP contribution in [0.4, 0.5) is 0 Å². The Kier molecular flexibility index (Phi) is 4.24. The molecule has 0 aliphatic heterocycles. The molecule has 0 saturated carbocycles. The summed E-state index contributed by atoms with van der Waals surface area (Å²) in [4.78, 5) is 11.7. The number of nitrogens with one attached hydrogen (secondary N) is 1. The van der Waals surface area contributed by atoms with E-state index in [1.54, 1.807) is 0 Å². The Bertz CT molecular complexity index is 1020. The molecule has 0 fully saturated rings. The molecule has 0 aromatic heterocycles. The van der Waals surface area contributed by atoms with E-state index in [1.807, 2.05) is 0 Å². The normalized spacial score (nSPS) is 11.6. The number of carbonyl (C=O) groups excluding carboxylic acids is 1. The first kappa shape index (κ1) is 15.9. The summed E-state index contributed by atoms with van der Waals surface area (Å²) < 4.78 is 0. The summed E-state index contributed by atoms with van der Waals surface area (Å²) in [5.41, 5.74) is 1.29. The summed E-state index contributed by atoms with van der Waals surface area (Å²) in [7, 11) is 0. The second-order valence-electron chi connectivity index (χ2n) is 6.51. The zero-order chi connectivity index (χ0) is 17.2. The van der Waals surface area contributed by atoms with Crippen molar-refractivity contribution < 1.29 is 9.90 Å². The minimum absolute atomic E-state index is 0.00626. The van der Waals surface area contributed by atoms with E-state index >= 15 is 0 Å². The molecule has 4 rings (SSSR count). The predicted molar refractivity (Wildman–Crippen MR) is 103 cm³/mol. The Morgan fingerprint density at radius 3 is 2.32 bits per heavy atom. The molecule has 3 nitrogen and oxygen atoms in total. The van der Waals surface area contributed by atoms with Crippen LogP contribution in [0, 0.1) is 0 Å². The molecule has 0 aliphatic rings. The standard InChI is InChI=1S/C22H21NO2/c24-14-13-23-20(25)6-2-3-15-7-8-18-10-9-16-4-1-5-17-11-12-19(15)22(18)21(16)17/h1,4-5,7-12,24H,2-3,6,13-14H2,(H,23,25). The highest BCUT2D eigenvalue weighted by molar-refractivity contribution is 6.23. The number of hydrogen-bond acceptors (Lipinski definition) is 2. The lowest BCUT2D eigenvalue weighted by atomic mass is 9.90. The van der Waals surface area contributed by atoms with E-state index in [-0.39, 0.29) is 12.5 Å². The average Bonchev–Trinajstić information content (AvgIpc) is 2.65. The summed E-state index contributed by atoms with van der Waals surface area (Å²) in [6.45, 7) is 0.318. The van der Waals surface area contributed by atoms with Crippen molar-refractivity contribution >= 4 is 38.2 Å². The molecule has 0 unspecified atom stereocenters. The van der Waals surface area contributed by atoms with Gasteiger partial charge in [-0.25, -0.2) is 0 Å². The van der Waals surface area contributed by atoms with Gasteiger partial charge in [-0.3, -0.25) is 4.79 Å². The second kappa shape index (κ2) is 6.69. The zero-order valence-electron chi connectivity index (χ0n) is 14.1. The molecule has 0 spiro atoms. The van der Waals surface area contributed by atoms with Gasteiger partial charge in [0, 0.05) is 13.0 Å². The smallest absolute Gasteiger partial charge is 0.220 e. The fraction of sp³-hybridized carbons (Fsp3) is 0.227. The van der Waals surface area contributed by atoms with Crippen LogP contribution in [0.15, 0.2) is 54.6 Å². The van der Waals surface area contributed by atoms with Crippen LogP contribution in [-0.2, 0) is 11.2 Å². The predicted octanol–water partition coefficient (Wildman–Crippen LogP) is 4.02. The first-order chi connectivity index (χ1) is 12.3. The minimum Gasteiger partial charge on any atom is -0.395 e. The van der Waals surface area contributed by atoms with Gasteiger partial charge in [0.2, 0.25) is 5.91 Å². The van der Waals surface area contributed by atoms with Crippen LogP contribution in [0.3, 0.4) is 0 Å². The number of rotatable bonds is 6.